The molecule has 2 aromatic heterocycles. The van der Waals surface area contributed by atoms with Crippen molar-refractivity contribution < 1.29 is 8.78 Å². The highest BCUT2D eigenvalue weighted by atomic mass is 19.1. The smallest absolute Gasteiger partial charge is 0.126 e. The summed E-state index contributed by atoms with van der Waals surface area (Å²) in [5, 5.41) is 0. The fourth-order valence-electron chi connectivity index (χ4n) is 5.01. The average Bonchev–Trinajstić information content (AvgIpc) is 2.77. The second-order valence-electron chi connectivity index (χ2n) is 7.71. The van der Waals surface area contributed by atoms with E-state index in [2.05, 4.69) is 9.97 Å². The lowest BCUT2D eigenvalue weighted by Crippen LogP contribution is -2.41. The van der Waals surface area contributed by atoms with Crippen LogP contribution in [0.4, 0.5) is 8.78 Å². The van der Waals surface area contributed by atoms with Crippen LogP contribution in [0.15, 0.2) is 97.6 Å². The van der Waals surface area contributed by atoms with Gasteiger partial charge in [-0.3, -0.25) is 9.97 Å². The number of aromatic nitrogens is 2. The van der Waals surface area contributed by atoms with Crippen molar-refractivity contribution in [3.05, 3.63) is 131 Å². The summed E-state index contributed by atoms with van der Waals surface area (Å²) in [6.45, 7) is 0. The van der Waals surface area contributed by atoms with Gasteiger partial charge < -0.3 is 0 Å². The third-order valence-corrected chi connectivity index (χ3v) is 6.26. The molecule has 1 saturated carbocycles. The van der Waals surface area contributed by atoms with Crippen LogP contribution >= 0.6 is 0 Å². The fourth-order valence-corrected chi connectivity index (χ4v) is 5.01. The molecule has 30 heavy (non-hydrogen) atoms. The number of halogens is 2. The first kappa shape index (κ1) is 18.6. The van der Waals surface area contributed by atoms with Gasteiger partial charge in [0, 0.05) is 36.6 Å². The minimum absolute atomic E-state index is 0.0695. The maximum atomic E-state index is 14.9. The molecular formula is C26H20F2N2. The third-order valence-electron chi connectivity index (χ3n) is 6.26. The van der Waals surface area contributed by atoms with E-state index in [1.165, 1.54) is 12.1 Å². The SMILES string of the molecule is Fc1ccccc1C1C(c2ccncc2)C(c2ccccc2F)C1c1ccncc1. The lowest BCUT2D eigenvalue weighted by molar-refractivity contribution is 0.219. The summed E-state index contributed by atoms with van der Waals surface area (Å²) in [4.78, 5) is 8.28. The predicted octanol–water partition coefficient (Wildman–Crippen LogP) is 6.20. The van der Waals surface area contributed by atoms with Crippen molar-refractivity contribution in [3.8, 4) is 0 Å². The first-order valence-electron chi connectivity index (χ1n) is 10.0. The lowest BCUT2D eigenvalue weighted by atomic mass is 9.49. The summed E-state index contributed by atoms with van der Waals surface area (Å²) < 4.78 is 29.9. The van der Waals surface area contributed by atoms with Gasteiger partial charge >= 0.3 is 0 Å². The molecule has 1 fully saturated rings. The number of nitrogens with zero attached hydrogens (tertiary/aromatic N) is 2. The average molecular weight is 398 g/mol. The van der Waals surface area contributed by atoms with Crippen LogP contribution in [-0.2, 0) is 0 Å². The number of rotatable bonds is 4. The van der Waals surface area contributed by atoms with Gasteiger partial charge in [0.25, 0.3) is 0 Å². The zero-order valence-electron chi connectivity index (χ0n) is 16.2. The largest absolute Gasteiger partial charge is 0.265 e. The highest BCUT2D eigenvalue weighted by Crippen LogP contribution is 2.66. The molecule has 2 nitrogen and oxygen atoms in total. The van der Waals surface area contributed by atoms with E-state index in [1.807, 2.05) is 48.5 Å². The molecule has 0 radical (unpaired) electrons. The number of hydrogen-bond acceptors (Lipinski definition) is 2. The van der Waals surface area contributed by atoms with Crippen LogP contribution in [0.3, 0.4) is 0 Å². The molecule has 148 valence electrons. The van der Waals surface area contributed by atoms with Crippen LogP contribution in [0.1, 0.15) is 45.9 Å². The van der Waals surface area contributed by atoms with Crippen molar-refractivity contribution in [1.29, 1.82) is 0 Å². The Morgan fingerprint density at radius 3 is 1.20 bits per heavy atom. The van der Waals surface area contributed by atoms with Gasteiger partial charge in [-0.2, -0.15) is 0 Å². The van der Waals surface area contributed by atoms with Gasteiger partial charge in [-0.25, -0.2) is 8.78 Å². The van der Waals surface area contributed by atoms with Gasteiger partial charge in [-0.1, -0.05) is 36.4 Å². The molecule has 1 aliphatic carbocycles. The summed E-state index contributed by atoms with van der Waals surface area (Å²) in [6.07, 6.45) is 6.97. The lowest BCUT2D eigenvalue weighted by Gasteiger charge is -2.53. The van der Waals surface area contributed by atoms with Crippen molar-refractivity contribution in [2.75, 3.05) is 0 Å². The highest BCUT2D eigenvalue weighted by molar-refractivity contribution is 5.48. The Bertz CT molecular complexity index is 1050. The van der Waals surface area contributed by atoms with E-state index in [4.69, 9.17) is 0 Å². The van der Waals surface area contributed by atoms with Gasteiger partial charge in [-0.05, 0) is 70.5 Å². The van der Waals surface area contributed by atoms with Gasteiger partial charge in [0.05, 0.1) is 0 Å². The predicted molar refractivity (Wildman–Crippen MR) is 112 cm³/mol. The molecule has 0 amide bonds. The molecule has 5 rings (SSSR count). The summed E-state index contributed by atoms with van der Waals surface area (Å²) in [7, 11) is 0. The van der Waals surface area contributed by atoms with E-state index in [-0.39, 0.29) is 35.3 Å². The van der Waals surface area contributed by atoms with Crippen molar-refractivity contribution >= 4 is 0 Å². The van der Waals surface area contributed by atoms with Crippen LogP contribution in [0.2, 0.25) is 0 Å². The number of benzene rings is 2. The third kappa shape index (κ3) is 3.09. The maximum absolute atomic E-state index is 14.9. The molecule has 0 saturated heterocycles. The van der Waals surface area contributed by atoms with Gasteiger partial charge in [0.2, 0.25) is 0 Å². The van der Waals surface area contributed by atoms with Crippen LogP contribution in [0.5, 0.6) is 0 Å². The van der Waals surface area contributed by atoms with E-state index in [0.29, 0.717) is 11.1 Å². The molecule has 0 N–H and O–H groups in total. The zero-order chi connectivity index (χ0) is 20.5. The first-order chi connectivity index (χ1) is 14.8. The van der Waals surface area contributed by atoms with E-state index in [0.717, 1.165) is 11.1 Å². The Morgan fingerprint density at radius 1 is 0.467 bits per heavy atom. The first-order valence-corrected chi connectivity index (χ1v) is 10.0. The topological polar surface area (TPSA) is 25.8 Å². The second-order valence-corrected chi connectivity index (χ2v) is 7.71. The zero-order valence-corrected chi connectivity index (χ0v) is 16.2. The van der Waals surface area contributed by atoms with Crippen LogP contribution in [0.25, 0.3) is 0 Å². The molecular weight excluding hydrogens is 378 g/mol. The number of hydrogen-bond donors (Lipinski definition) is 0. The standard InChI is InChI=1S/C26H20F2N2/c27-21-7-3-1-5-19(21)25-23(17-9-13-29-14-10-17)26(20-6-2-4-8-22(20)28)24(25)18-11-15-30-16-12-18/h1-16,23-26H. The Balaban J connectivity index is 1.72. The monoisotopic (exact) mass is 398 g/mol. The summed E-state index contributed by atoms with van der Waals surface area (Å²) in [6, 6.07) is 21.6. The van der Waals surface area contributed by atoms with E-state index < -0.39 is 0 Å². The van der Waals surface area contributed by atoms with Crippen molar-refractivity contribution in [1.82, 2.24) is 9.97 Å². The summed E-state index contributed by atoms with van der Waals surface area (Å²) >= 11 is 0. The second kappa shape index (κ2) is 7.79. The van der Waals surface area contributed by atoms with Gasteiger partial charge in [-0.15, -0.1) is 0 Å². The fraction of sp³-hybridized carbons (Fsp3) is 0.154. The molecule has 1 aliphatic rings. The van der Waals surface area contributed by atoms with E-state index >= 15 is 0 Å². The quantitative estimate of drug-likeness (QED) is 0.409. The minimum Gasteiger partial charge on any atom is -0.265 e. The van der Waals surface area contributed by atoms with E-state index in [9.17, 15) is 8.78 Å². The Morgan fingerprint density at radius 2 is 0.833 bits per heavy atom. The van der Waals surface area contributed by atoms with Crippen molar-refractivity contribution in [3.63, 3.8) is 0 Å². The molecule has 0 atom stereocenters. The van der Waals surface area contributed by atoms with Crippen LogP contribution in [-0.4, -0.2) is 9.97 Å². The number of pyridine rings is 2. The molecule has 0 spiro atoms. The minimum atomic E-state index is -0.229. The van der Waals surface area contributed by atoms with Crippen molar-refractivity contribution in [2.45, 2.75) is 23.7 Å². The summed E-state index contributed by atoms with van der Waals surface area (Å²) in [5.41, 5.74) is 3.40. The molecule has 0 bridgehead atoms. The Hall–Kier alpha value is -3.40. The molecule has 4 aromatic rings. The molecule has 0 aliphatic heterocycles. The van der Waals surface area contributed by atoms with Crippen molar-refractivity contribution in [2.24, 2.45) is 0 Å². The molecule has 2 aromatic carbocycles. The highest BCUT2D eigenvalue weighted by Gasteiger charge is 2.54. The Kier molecular flexibility index (Phi) is 4.83. The molecule has 2 heterocycles. The van der Waals surface area contributed by atoms with Crippen LogP contribution < -0.4 is 0 Å². The van der Waals surface area contributed by atoms with Gasteiger partial charge in [0.15, 0.2) is 0 Å². The maximum Gasteiger partial charge on any atom is 0.126 e. The van der Waals surface area contributed by atoms with Gasteiger partial charge in [0.1, 0.15) is 11.6 Å². The van der Waals surface area contributed by atoms with E-state index in [1.54, 1.807) is 36.9 Å². The molecule has 4 heteroatoms. The van der Waals surface area contributed by atoms with Crippen LogP contribution in [0, 0.1) is 11.6 Å². The normalized spacial score (nSPS) is 23.0. The Labute approximate surface area is 174 Å². The summed E-state index contributed by atoms with van der Waals surface area (Å²) in [5.74, 6) is -0.846. The molecule has 0 unspecified atom stereocenters.